The Morgan fingerprint density at radius 2 is 1.79 bits per heavy atom. The summed E-state index contributed by atoms with van der Waals surface area (Å²) in [6.45, 7) is 0.0551. The predicted molar refractivity (Wildman–Crippen MR) is 97.4 cm³/mol. The summed E-state index contributed by atoms with van der Waals surface area (Å²) in [7, 11) is 0. The molecule has 1 N–H and O–H groups in total. The topological polar surface area (TPSA) is 64.6 Å². The Morgan fingerprint density at radius 1 is 1.11 bits per heavy atom. The Labute approximate surface area is 159 Å². The van der Waals surface area contributed by atoms with Gasteiger partial charge in [0.25, 0.3) is 5.91 Å². The number of carbonyl (C=O) groups excluding carboxylic acids is 2. The van der Waals surface area contributed by atoms with E-state index in [4.69, 9.17) is 4.74 Å². The maximum absolute atomic E-state index is 13.5. The molecular weight excluding hydrogens is 375 g/mol. The summed E-state index contributed by atoms with van der Waals surface area (Å²) in [6, 6.07) is 9.83. The molecule has 0 bridgehead atoms. The molecule has 2 aromatic carbocycles. The summed E-state index contributed by atoms with van der Waals surface area (Å²) in [4.78, 5) is 23.9. The Hall–Kier alpha value is -3.29. The third-order valence-corrected chi connectivity index (χ3v) is 3.62. The first-order valence-electron chi connectivity index (χ1n) is 8.25. The van der Waals surface area contributed by atoms with E-state index in [0.717, 1.165) is 6.08 Å². The molecule has 0 aromatic heterocycles. The fourth-order valence-electron chi connectivity index (χ4n) is 2.11. The fourth-order valence-corrected chi connectivity index (χ4v) is 2.11. The molecule has 0 fully saturated rings. The first-order valence-corrected chi connectivity index (χ1v) is 8.25. The normalized spacial score (nSPS) is 12.1. The Kier molecular flexibility index (Phi) is 7.20. The second-order valence-electron chi connectivity index (χ2n) is 5.81. The number of nitrogens with one attached hydrogen (secondary N) is 1. The third kappa shape index (κ3) is 6.46. The lowest BCUT2D eigenvalue weighted by molar-refractivity contribution is -0.148. The van der Waals surface area contributed by atoms with E-state index in [1.165, 1.54) is 55.5 Å². The molecule has 5 nitrogen and oxygen atoms in total. The van der Waals surface area contributed by atoms with Crippen LogP contribution in [0, 0.1) is 12.7 Å². The average molecular weight is 393 g/mol. The van der Waals surface area contributed by atoms with Crippen molar-refractivity contribution in [2.45, 2.75) is 26.6 Å². The number of hydrogen-bond donors (Lipinski definition) is 1. The molecule has 1 atom stereocenters. The third-order valence-electron chi connectivity index (χ3n) is 3.62. The molecular formula is C20H18F3NO4. The standard InChI is InChI=1S/C20H18F3NO4/c1-12-3-7-15(11-17(12)21)24-19(26)13(2)27-18(25)10-6-14-4-8-16(9-5-14)28-20(22)23/h3-11,13,20H,1-2H3,(H,24,26)/b10-6+/t13-/m0/s1. The van der Waals surface area contributed by atoms with Gasteiger partial charge in [0, 0.05) is 11.8 Å². The van der Waals surface area contributed by atoms with E-state index in [-0.39, 0.29) is 11.4 Å². The molecule has 1 amide bonds. The Balaban J connectivity index is 1.87. The van der Waals surface area contributed by atoms with Gasteiger partial charge in [-0.15, -0.1) is 0 Å². The number of alkyl halides is 2. The molecule has 0 saturated carbocycles. The highest BCUT2D eigenvalue weighted by atomic mass is 19.3. The zero-order valence-electron chi connectivity index (χ0n) is 15.1. The number of amides is 1. The van der Waals surface area contributed by atoms with E-state index in [2.05, 4.69) is 10.1 Å². The van der Waals surface area contributed by atoms with Crippen molar-refractivity contribution in [2.75, 3.05) is 5.32 Å². The van der Waals surface area contributed by atoms with Gasteiger partial charge in [0.15, 0.2) is 6.10 Å². The van der Waals surface area contributed by atoms with Gasteiger partial charge in [-0.3, -0.25) is 4.79 Å². The molecule has 0 spiro atoms. The van der Waals surface area contributed by atoms with Gasteiger partial charge >= 0.3 is 12.6 Å². The van der Waals surface area contributed by atoms with Gasteiger partial charge in [0.1, 0.15) is 11.6 Å². The second kappa shape index (κ2) is 9.59. The van der Waals surface area contributed by atoms with Crippen molar-refractivity contribution in [1.82, 2.24) is 0 Å². The van der Waals surface area contributed by atoms with Gasteiger partial charge in [-0.1, -0.05) is 18.2 Å². The van der Waals surface area contributed by atoms with E-state index in [1.807, 2.05) is 0 Å². The minimum atomic E-state index is -2.92. The van der Waals surface area contributed by atoms with Gasteiger partial charge in [-0.25, -0.2) is 9.18 Å². The van der Waals surface area contributed by atoms with Crippen LogP contribution in [0.25, 0.3) is 6.08 Å². The van der Waals surface area contributed by atoms with Gasteiger partial charge < -0.3 is 14.8 Å². The van der Waals surface area contributed by atoms with Crippen molar-refractivity contribution in [3.05, 3.63) is 65.5 Å². The number of benzene rings is 2. The molecule has 2 rings (SSSR count). The smallest absolute Gasteiger partial charge is 0.387 e. The second-order valence-corrected chi connectivity index (χ2v) is 5.81. The SMILES string of the molecule is Cc1ccc(NC(=O)[C@H](C)OC(=O)/C=C/c2ccc(OC(F)F)cc2)cc1F. The van der Waals surface area contributed by atoms with Gasteiger partial charge in [-0.05, 0) is 55.3 Å². The molecule has 0 radical (unpaired) electrons. The molecule has 148 valence electrons. The van der Waals surface area contributed by atoms with Crippen LogP contribution in [0.15, 0.2) is 48.5 Å². The molecule has 2 aromatic rings. The quantitative estimate of drug-likeness (QED) is 0.562. The maximum Gasteiger partial charge on any atom is 0.387 e. The van der Waals surface area contributed by atoms with E-state index < -0.39 is 30.4 Å². The van der Waals surface area contributed by atoms with Gasteiger partial charge in [0.2, 0.25) is 0 Å². The predicted octanol–water partition coefficient (Wildman–Crippen LogP) is 4.32. The van der Waals surface area contributed by atoms with Crippen LogP contribution >= 0.6 is 0 Å². The van der Waals surface area contributed by atoms with E-state index in [9.17, 15) is 22.8 Å². The number of anilines is 1. The lowest BCUT2D eigenvalue weighted by atomic mass is 10.2. The monoisotopic (exact) mass is 393 g/mol. The van der Waals surface area contributed by atoms with Crippen LogP contribution in [0.2, 0.25) is 0 Å². The van der Waals surface area contributed by atoms with E-state index in [0.29, 0.717) is 11.1 Å². The van der Waals surface area contributed by atoms with Crippen molar-refractivity contribution in [2.24, 2.45) is 0 Å². The van der Waals surface area contributed by atoms with E-state index >= 15 is 0 Å². The number of hydrogen-bond acceptors (Lipinski definition) is 4. The van der Waals surface area contributed by atoms with Gasteiger partial charge in [-0.2, -0.15) is 8.78 Å². The van der Waals surface area contributed by atoms with Crippen LogP contribution in [0.5, 0.6) is 5.75 Å². The van der Waals surface area contributed by atoms with Gasteiger partial charge in [0.05, 0.1) is 0 Å². The van der Waals surface area contributed by atoms with Crippen molar-refractivity contribution >= 4 is 23.6 Å². The molecule has 0 heterocycles. The number of halogens is 3. The van der Waals surface area contributed by atoms with Crippen LogP contribution in [0.4, 0.5) is 18.9 Å². The minimum absolute atomic E-state index is 0.00689. The summed E-state index contributed by atoms with van der Waals surface area (Å²) in [5.41, 5.74) is 1.24. The van der Waals surface area contributed by atoms with E-state index in [1.54, 1.807) is 6.92 Å². The molecule has 0 aliphatic heterocycles. The van der Waals surface area contributed by atoms with Crippen LogP contribution in [0.1, 0.15) is 18.1 Å². The first-order chi connectivity index (χ1) is 13.2. The molecule has 0 aliphatic rings. The number of carbonyl (C=O) groups is 2. The highest BCUT2D eigenvalue weighted by Crippen LogP contribution is 2.16. The molecule has 28 heavy (non-hydrogen) atoms. The Bertz CT molecular complexity index is 866. The molecule has 0 saturated heterocycles. The summed E-state index contributed by atoms with van der Waals surface area (Å²) in [5, 5.41) is 2.46. The first kappa shape index (κ1) is 21.0. The van der Waals surface area contributed by atoms with Crippen molar-refractivity contribution in [1.29, 1.82) is 0 Å². The minimum Gasteiger partial charge on any atom is -0.449 e. The molecule has 0 unspecified atom stereocenters. The van der Waals surface area contributed by atoms with Crippen LogP contribution in [-0.4, -0.2) is 24.6 Å². The van der Waals surface area contributed by atoms with Crippen molar-refractivity contribution in [3.8, 4) is 5.75 Å². The zero-order chi connectivity index (χ0) is 20.7. The number of esters is 1. The number of rotatable bonds is 7. The zero-order valence-corrected chi connectivity index (χ0v) is 15.1. The lowest BCUT2D eigenvalue weighted by Gasteiger charge is -2.12. The summed E-state index contributed by atoms with van der Waals surface area (Å²) in [5.74, 6) is -1.85. The largest absolute Gasteiger partial charge is 0.449 e. The number of ether oxygens (including phenoxy) is 2. The average Bonchev–Trinajstić information content (AvgIpc) is 2.63. The number of aryl methyl sites for hydroxylation is 1. The summed E-state index contributed by atoms with van der Waals surface area (Å²) >= 11 is 0. The highest BCUT2D eigenvalue weighted by Gasteiger charge is 2.17. The fraction of sp³-hybridized carbons (Fsp3) is 0.200. The highest BCUT2D eigenvalue weighted by molar-refractivity contribution is 5.96. The van der Waals surface area contributed by atoms with Crippen LogP contribution in [-0.2, 0) is 14.3 Å². The lowest BCUT2D eigenvalue weighted by Crippen LogP contribution is -2.29. The van der Waals surface area contributed by atoms with Crippen LogP contribution < -0.4 is 10.1 Å². The van der Waals surface area contributed by atoms with Crippen molar-refractivity contribution in [3.63, 3.8) is 0 Å². The molecule has 8 heteroatoms. The summed E-state index contributed by atoms with van der Waals surface area (Å²) < 4.78 is 46.9. The Morgan fingerprint density at radius 3 is 2.39 bits per heavy atom. The maximum atomic E-state index is 13.5. The van der Waals surface area contributed by atoms with Crippen molar-refractivity contribution < 1.29 is 32.2 Å². The molecule has 0 aliphatic carbocycles. The van der Waals surface area contributed by atoms with Crippen LogP contribution in [0.3, 0.4) is 0 Å². The summed E-state index contributed by atoms with van der Waals surface area (Å²) in [6.07, 6.45) is 1.38.